The number of hydrogen-bond donors (Lipinski definition) is 0. The molecule has 1 aliphatic carbocycles. The van der Waals surface area contributed by atoms with Gasteiger partial charge in [-0.25, -0.2) is 0 Å². The molecule has 2 rings (SSSR count). The van der Waals surface area contributed by atoms with Crippen LogP contribution >= 0.6 is 11.6 Å². The Labute approximate surface area is 101 Å². The highest BCUT2D eigenvalue weighted by Gasteiger charge is 2.29. The van der Waals surface area contributed by atoms with Crippen molar-refractivity contribution in [3.63, 3.8) is 0 Å². The molecule has 1 aromatic rings. The van der Waals surface area contributed by atoms with Gasteiger partial charge in [0.25, 0.3) is 0 Å². The van der Waals surface area contributed by atoms with Crippen molar-refractivity contribution < 1.29 is 0 Å². The molecule has 0 bridgehead atoms. The normalized spacial score (nSPS) is 14.2. The minimum absolute atomic E-state index is 0.561. The van der Waals surface area contributed by atoms with E-state index in [1.165, 1.54) is 12.8 Å². The lowest BCUT2D eigenvalue weighted by atomic mass is 10.1. The average Bonchev–Trinajstić information content (AvgIpc) is 3.10. The standard InChI is InChI=1S/C13H13ClN2/c1-2-7-16(12-4-5-12)13-6-3-11(14)8-10(13)9-15/h2-3,6,8,12H,1,4-5,7H2. The lowest BCUT2D eigenvalue weighted by Crippen LogP contribution is -2.26. The zero-order valence-corrected chi connectivity index (χ0v) is 9.74. The Kier molecular flexibility index (Phi) is 3.17. The van der Waals surface area contributed by atoms with Gasteiger partial charge in [0.1, 0.15) is 6.07 Å². The third-order valence-corrected chi connectivity index (χ3v) is 2.94. The predicted molar refractivity (Wildman–Crippen MR) is 66.7 cm³/mol. The second kappa shape index (κ2) is 4.59. The number of nitriles is 1. The van der Waals surface area contributed by atoms with Gasteiger partial charge in [-0.1, -0.05) is 17.7 Å². The van der Waals surface area contributed by atoms with Crippen molar-refractivity contribution in [1.29, 1.82) is 5.26 Å². The van der Waals surface area contributed by atoms with Crippen LogP contribution in [0.15, 0.2) is 30.9 Å². The summed E-state index contributed by atoms with van der Waals surface area (Å²) < 4.78 is 0. The molecule has 0 radical (unpaired) electrons. The zero-order chi connectivity index (χ0) is 11.5. The Bertz CT molecular complexity index is 444. The van der Waals surface area contributed by atoms with Gasteiger partial charge in [-0.2, -0.15) is 5.26 Å². The quantitative estimate of drug-likeness (QED) is 0.745. The number of hydrogen-bond acceptors (Lipinski definition) is 2. The Morgan fingerprint density at radius 1 is 1.56 bits per heavy atom. The fourth-order valence-corrected chi connectivity index (χ4v) is 1.99. The summed E-state index contributed by atoms with van der Waals surface area (Å²) in [6.07, 6.45) is 4.26. The number of halogens is 1. The number of benzene rings is 1. The van der Waals surface area contributed by atoms with E-state index in [-0.39, 0.29) is 0 Å². The van der Waals surface area contributed by atoms with Crippen LogP contribution in [0.25, 0.3) is 0 Å². The SMILES string of the molecule is C=CCN(c1ccc(Cl)cc1C#N)C1CC1. The monoisotopic (exact) mass is 232 g/mol. The predicted octanol–water partition coefficient (Wildman–Crippen LogP) is 3.37. The van der Waals surface area contributed by atoms with Crippen molar-refractivity contribution in [2.45, 2.75) is 18.9 Å². The molecule has 0 N–H and O–H groups in total. The maximum atomic E-state index is 9.10. The van der Waals surface area contributed by atoms with Gasteiger partial charge in [0.15, 0.2) is 0 Å². The molecule has 0 saturated heterocycles. The molecule has 1 fully saturated rings. The second-order valence-electron chi connectivity index (χ2n) is 3.95. The van der Waals surface area contributed by atoms with Gasteiger partial charge in [0.2, 0.25) is 0 Å². The molecule has 2 nitrogen and oxygen atoms in total. The summed E-state index contributed by atoms with van der Waals surface area (Å²) in [7, 11) is 0. The van der Waals surface area contributed by atoms with E-state index in [1.54, 1.807) is 6.07 Å². The number of nitrogens with zero attached hydrogens (tertiary/aromatic N) is 2. The summed E-state index contributed by atoms with van der Waals surface area (Å²) in [4.78, 5) is 2.22. The van der Waals surface area contributed by atoms with E-state index in [1.807, 2.05) is 18.2 Å². The lowest BCUT2D eigenvalue weighted by molar-refractivity contribution is 0.860. The first-order valence-corrected chi connectivity index (χ1v) is 5.71. The Morgan fingerprint density at radius 2 is 2.31 bits per heavy atom. The van der Waals surface area contributed by atoms with E-state index < -0.39 is 0 Å². The molecule has 1 aliphatic rings. The summed E-state index contributed by atoms with van der Waals surface area (Å²) in [6, 6.07) is 8.23. The maximum absolute atomic E-state index is 9.10. The molecule has 1 saturated carbocycles. The van der Waals surface area contributed by atoms with Crippen LogP contribution in [-0.4, -0.2) is 12.6 Å². The topological polar surface area (TPSA) is 27.0 Å². The lowest BCUT2D eigenvalue weighted by Gasteiger charge is -2.24. The van der Waals surface area contributed by atoms with E-state index in [0.717, 1.165) is 12.2 Å². The second-order valence-corrected chi connectivity index (χ2v) is 4.38. The zero-order valence-electron chi connectivity index (χ0n) is 8.99. The fourth-order valence-electron chi connectivity index (χ4n) is 1.82. The largest absolute Gasteiger partial charge is 0.364 e. The number of anilines is 1. The summed E-state index contributed by atoms with van der Waals surface area (Å²) in [6.45, 7) is 4.54. The first-order chi connectivity index (χ1) is 7.76. The van der Waals surface area contributed by atoms with E-state index in [2.05, 4.69) is 17.5 Å². The van der Waals surface area contributed by atoms with Crippen LogP contribution in [0.4, 0.5) is 5.69 Å². The smallest absolute Gasteiger partial charge is 0.101 e. The van der Waals surface area contributed by atoms with Gasteiger partial charge < -0.3 is 4.90 Å². The molecular formula is C13H13ClN2. The van der Waals surface area contributed by atoms with Crippen molar-refractivity contribution in [2.75, 3.05) is 11.4 Å². The first-order valence-electron chi connectivity index (χ1n) is 5.33. The number of rotatable bonds is 4. The molecule has 1 aromatic carbocycles. The van der Waals surface area contributed by atoms with Gasteiger partial charge in [0, 0.05) is 17.6 Å². The Balaban J connectivity index is 2.36. The Morgan fingerprint density at radius 3 is 2.88 bits per heavy atom. The van der Waals surface area contributed by atoms with E-state index >= 15 is 0 Å². The summed E-state index contributed by atoms with van der Waals surface area (Å²) in [5.41, 5.74) is 1.61. The summed E-state index contributed by atoms with van der Waals surface area (Å²) >= 11 is 5.88. The summed E-state index contributed by atoms with van der Waals surface area (Å²) in [5.74, 6) is 0. The van der Waals surface area contributed by atoms with Crippen LogP contribution in [0.1, 0.15) is 18.4 Å². The highest BCUT2D eigenvalue weighted by molar-refractivity contribution is 6.30. The van der Waals surface area contributed by atoms with E-state index in [0.29, 0.717) is 16.6 Å². The molecular weight excluding hydrogens is 220 g/mol. The Hall–Kier alpha value is -1.46. The maximum Gasteiger partial charge on any atom is 0.101 e. The van der Waals surface area contributed by atoms with Gasteiger partial charge >= 0.3 is 0 Å². The molecule has 3 heteroatoms. The van der Waals surface area contributed by atoms with Crippen LogP contribution in [0, 0.1) is 11.3 Å². The molecule has 16 heavy (non-hydrogen) atoms. The molecule has 0 heterocycles. The minimum atomic E-state index is 0.561. The molecule has 0 spiro atoms. The van der Waals surface area contributed by atoms with Gasteiger partial charge in [-0.3, -0.25) is 0 Å². The van der Waals surface area contributed by atoms with Crippen LogP contribution in [0.2, 0.25) is 5.02 Å². The molecule has 0 amide bonds. The van der Waals surface area contributed by atoms with Crippen molar-refractivity contribution in [3.05, 3.63) is 41.4 Å². The third-order valence-electron chi connectivity index (χ3n) is 2.70. The molecule has 0 aromatic heterocycles. The molecule has 82 valence electrons. The van der Waals surface area contributed by atoms with Gasteiger partial charge in [0.05, 0.1) is 11.3 Å². The van der Waals surface area contributed by atoms with Crippen molar-refractivity contribution in [3.8, 4) is 6.07 Å². The van der Waals surface area contributed by atoms with Crippen molar-refractivity contribution in [2.24, 2.45) is 0 Å². The van der Waals surface area contributed by atoms with Crippen LogP contribution in [-0.2, 0) is 0 Å². The van der Waals surface area contributed by atoms with Crippen LogP contribution < -0.4 is 4.90 Å². The fraction of sp³-hybridized carbons (Fsp3) is 0.308. The average molecular weight is 233 g/mol. The highest BCUT2D eigenvalue weighted by Crippen LogP contribution is 2.34. The van der Waals surface area contributed by atoms with E-state index in [9.17, 15) is 0 Å². The van der Waals surface area contributed by atoms with Gasteiger partial charge in [-0.05, 0) is 31.0 Å². The molecule has 0 aliphatic heterocycles. The van der Waals surface area contributed by atoms with E-state index in [4.69, 9.17) is 16.9 Å². The van der Waals surface area contributed by atoms with Crippen LogP contribution in [0.5, 0.6) is 0 Å². The highest BCUT2D eigenvalue weighted by atomic mass is 35.5. The summed E-state index contributed by atoms with van der Waals surface area (Å²) in [5, 5.41) is 9.71. The third kappa shape index (κ3) is 2.20. The van der Waals surface area contributed by atoms with Crippen LogP contribution in [0.3, 0.4) is 0 Å². The van der Waals surface area contributed by atoms with Crippen molar-refractivity contribution >= 4 is 17.3 Å². The minimum Gasteiger partial charge on any atom is -0.364 e. The van der Waals surface area contributed by atoms with Gasteiger partial charge in [-0.15, -0.1) is 6.58 Å². The molecule has 0 atom stereocenters. The first kappa shape index (κ1) is 11.0. The van der Waals surface area contributed by atoms with Crippen molar-refractivity contribution in [1.82, 2.24) is 0 Å². The molecule has 0 unspecified atom stereocenters.